The number of nitriles is 1. The number of benzene rings is 1. The molecule has 1 fully saturated rings. The Balaban J connectivity index is 2.04. The van der Waals surface area contributed by atoms with E-state index in [0.717, 1.165) is 31.5 Å². The van der Waals surface area contributed by atoms with Gasteiger partial charge in [-0.2, -0.15) is 5.26 Å². The lowest BCUT2D eigenvalue weighted by Gasteiger charge is -2.31. The van der Waals surface area contributed by atoms with Gasteiger partial charge in [-0.25, -0.2) is 0 Å². The second-order valence-corrected chi connectivity index (χ2v) is 6.27. The lowest BCUT2D eigenvalue weighted by Crippen LogP contribution is -2.41. The highest BCUT2D eigenvalue weighted by Gasteiger charge is 2.27. The van der Waals surface area contributed by atoms with Crippen LogP contribution in [0.5, 0.6) is 5.75 Å². The van der Waals surface area contributed by atoms with Crippen LogP contribution in [-0.2, 0) is 11.2 Å². The minimum absolute atomic E-state index is 0.0682. The zero-order chi connectivity index (χ0) is 16.1. The minimum atomic E-state index is -0.655. The predicted molar refractivity (Wildman–Crippen MR) is 85.8 cm³/mol. The number of methoxy groups -OCH3 is 1. The van der Waals surface area contributed by atoms with Crippen molar-refractivity contribution in [1.82, 2.24) is 4.90 Å². The number of hydrogen-bond acceptors (Lipinski definition) is 3. The average Bonchev–Trinajstić information content (AvgIpc) is 2.53. The van der Waals surface area contributed by atoms with Gasteiger partial charge in [0.1, 0.15) is 11.7 Å². The van der Waals surface area contributed by atoms with Crippen molar-refractivity contribution in [3.05, 3.63) is 28.8 Å². The molecule has 1 saturated heterocycles. The minimum Gasteiger partial charge on any atom is -0.495 e. The molecule has 5 heteroatoms. The quantitative estimate of drug-likeness (QED) is 0.855. The van der Waals surface area contributed by atoms with Crippen molar-refractivity contribution in [2.75, 3.05) is 20.2 Å². The Morgan fingerprint density at radius 2 is 2.18 bits per heavy atom. The summed E-state index contributed by atoms with van der Waals surface area (Å²) in [6.07, 6.45) is 2.40. The summed E-state index contributed by atoms with van der Waals surface area (Å²) in [5, 5.41) is 9.85. The zero-order valence-corrected chi connectivity index (χ0v) is 13.8. The first-order valence-electron chi connectivity index (χ1n) is 7.56. The van der Waals surface area contributed by atoms with Gasteiger partial charge >= 0.3 is 0 Å². The SMILES string of the molecule is COc1ccc(CC(C#N)C(=O)N2CCC(C)CC2)cc1Cl. The Morgan fingerprint density at radius 3 is 2.73 bits per heavy atom. The highest BCUT2D eigenvalue weighted by Crippen LogP contribution is 2.26. The largest absolute Gasteiger partial charge is 0.495 e. The van der Waals surface area contributed by atoms with Crippen molar-refractivity contribution in [3.63, 3.8) is 0 Å². The number of rotatable bonds is 4. The molecule has 0 bridgehead atoms. The predicted octanol–water partition coefficient (Wildman–Crippen LogP) is 3.29. The van der Waals surface area contributed by atoms with Crippen molar-refractivity contribution in [2.24, 2.45) is 11.8 Å². The van der Waals surface area contributed by atoms with Gasteiger partial charge in [0.2, 0.25) is 5.91 Å². The summed E-state index contributed by atoms with van der Waals surface area (Å²) in [4.78, 5) is 14.3. The summed E-state index contributed by atoms with van der Waals surface area (Å²) < 4.78 is 5.11. The summed E-state index contributed by atoms with van der Waals surface area (Å²) in [5.41, 5.74) is 0.871. The van der Waals surface area contributed by atoms with E-state index in [-0.39, 0.29) is 5.91 Å². The van der Waals surface area contributed by atoms with E-state index >= 15 is 0 Å². The second kappa shape index (κ2) is 7.51. The van der Waals surface area contributed by atoms with E-state index in [1.54, 1.807) is 19.2 Å². The van der Waals surface area contributed by atoms with E-state index in [9.17, 15) is 10.1 Å². The Morgan fingerprint density at radius 1 is 1.50 bits per heavy atom. The number of nitrogens with zero attached hydrogens (tertiary/aromatic N) is 2. The van der Waals surface area contributed by atoms with Crippen LogP contribution in [0.15, 0.2) is 18.2 Å². The van der Waals surface area contributed by atoms with E-state index in [1.165, 1.54) is 0 Å². The molecule has 0 aromatic heterocycles. The second-order valence-electron chi connectivity index (χ2n) is 5.86. The Labute approximate surface area is 136 Å². The molecule has 4 nitrogen and oxygen atoms in total. The molecule has 22 heavy (non-hydrogen) atoms. The molecule has 1 heterocycles. The topological polar surface area (TPSA) is 53.3 Å². The van der Waals surface area contributed by atoms with Crippen LogP contribution in [0.2, 0.25) is 5.02 Å². The standard InChI is InChI=1S/C17H21ClN2O2/c1-12-5-7-20(8-6-12)17(21)14(11-19)9-13-3-4-16(22-2)15(18)10-13/h3-4,10,12,14H,5-9H2,1-2H3. The number of halogens is 1. The van der Waals surface area contributed by atoms with Gasteiger partial charge in [-0.05, 0) is 42.9 Å². The maximum absolute atomic E-state index is 12.5. The summed E-state index contributed by atoms with van der Waals surface area (Å²) in [6.45, 7) is 3.70. The van der Waals surface area contributed by atoms with Crippen LogP contribution in [0.3, 0.4) is 0 Å². The molecule has 0 aliphatic carbocycles. The fourth-order valence-electron chi connectivity index (χ4n) is 2.71. The van der Waals surface area contributed by atoms with Gasteiger partial charge in [-0.15, -0.1) is 0 Å². The molecule has 1 unspecified atom stereocenters. The molecule has 118 valence electrons. The van der Waals surface area contributed by atoms with Crippen LogP contribution in [0.4, 0.5) is 0 Å². The van der Waals surface area contributed by atoms with E-state index < -0.39 is 5.92 Å². The smallest absolute Gasteiger partial charge is 0.240 e. The first-order valence-corrected chi connectivity index (χ1v) is 7.93. The van der Waals surface area contributed by atoms with Crippen LogP contribution in [-0.4, -0.2) is 31.0 Å². The van der Waals surface area contributed by atoms with Crippen molar-refractivity contribution in [2.45, 2.75) is 26.2 Å². The van der Waals surface area contributed by atoms with Gasteiger partial charge in [0, 0.05) is 13.1 Å². The molecule has 0 N–H and O–H groups in total. The first kappa shape index (κ1) is 16.6. The molecular formula is C17H21ClN2O2. The van der Waals surface area contributed by atoms with E-state index in [1.807, 2.05) is 11.0 Å². The van der Waals surface area contributed by atoms with Crippen LogP contribution in [0.1, 0.15) is 25.3 Å². The van der Waals surface area contributed by atoms with Crippen molar-refractivity contribution >= 4 is 17.5 Å². The Kier molecular flexibility index (Phi) is 5.68. The van der Waals surface area contributed by atoms with Crippen LogP contribution in [0.25, 0.3) is 0 Å². The molecule has 1 aliphatic heterocycles. The van der Waals surface area contributed by atoms with Crippen molar-refractivity contribution < 1.29 is 9.53 Å². The summed E-state index contributed by atoms with van der Waals surface area (Å²) in [6, 6.07) is 7.51. The fourth-order valence-corrected chi connectivity index (χ4v) is 2.99. The van der Waals surface area contributed by atoms with Crippen LogP contribution < -0.4 is 4.74 Å². The number of ether oxygens (including phenoxy) is 1. The van der Waals surface area contributed by atoms with Gasteiger partial charge < -0.3 is 9.64 Å². The van der Waals surface area contributed by atoms with Crippen molar-refractivity contribution in [1.29, 1.82) is 5.26 Å². The van der Waals surface area contributed by atoms with Gasteiger partial charge in [-0.3, -0.25) is 4.79 Å². The number of amides is 1. The number of carbonyl (C=O) groups is 1. The molecule has 1 atom stereocenters. The summed E-state index contributed by atoms with van der Waals surface area (Å²) >= 11 is 6.10. The average molecular weight is 321 g/mol. The fraction of sp³-hybridized carbons (Fsp3) is 0.529. The maximum Gasteiger partial charge on any atom is 0.240 e. The molecule has 1 aromatic carbocycles. The van der Waals surface area contributed by atoms with Crippen LogP contribution >= 0.6 is 11.6 Å². The molecule has 0 spiro atoms. The lowest BCUT2D eigenvalue weighted by atomic mass is 9.95. The first-order chi connectivity index (χ1) is 10.5. The molecule has 0 saturated carbocycles. The molecule has 1 aromatic rings. The molecule has 2 rings (SSSR count). The number of carbonyl (C=O) groups excluding carboxylic acids is 1. The van der Waals surface area contributed by atoms with E-state index in [0.29, 0.717) is 23.1 Å². The Hall–Kier alpha value is -1.73. The lowest BCUT2D eigenvalue weighted by molar-refractivity contribution is -0.135. The number of likely N-dealkylation sites (tertiary alicyclic amines) is 1. The van der Waals surface area contributed by atoms with Crippen molar-refractivity contribution in [3.8, 4) is 11.8 Å². The van der Waals surface area contributed by atoms with Gasteiger partial charge in [-0.1, -0.05) is 24.6 Å². The summed E-state index contributed by atoms with van der Waals surface area (Å²) in [5.74, 6) is 0.527. The third-order valence-electron chi connectivity index (χ3n) is 4.21. The molecule has 1 amide bonds. The third-order valence-corrected chi connectivity index (χ3v) is 4.50. The monoisotopic (exact) mass is 320 g/mol. The highest BCUT2D eigenvalue weighted by molar-refractivity contribution is 6.32. The molecular weight excluding hydrogens is 300 g/mol. The van der Waals surface area contributed by atoms with Gasteiger partial charge in [0.15, 0.2) is 0 Å². The highest BCUT2D eigenvalue weighted by atomic mass is 35.5. The normalized spacial score (nSPS) is 16.9. The van der Waals surface area contributed by atoms with Gasteiger partial charge in [0.25, 0.3) is 0 Å². The van der Waals surface area contributed by atoms with E-state index in [4.69, 9.17) is 16.3 Å². The number of hydrogen-bond donors (Lipinski definition) is 0. The third kappa shape index (κ3) is 3.92. The summed E-state index contributed by atoms with van der Waals surface area (Å²) in [7, 11) is 1.56. The van der Waals surface area contributed by atoms with E-state index in [2.05, 4.69) is 13.0 Å². The van der Waals surface area contributed by atoms with Gasteiger partial charge in [0.05, 0.1) is 18.2 Å². The molecule has 0 radical (unpaired) electrons. The van der Waals surface area contributed by atoms with Crippen LogP contribution in [0, 0.1) is 23.2 Å². The molecule has 1 aliphatic rings. The maximum atomic E-state index is 12.5. The Bertz CT molecular complexity index is 575. The zero-order valence-electron chi connectivity index (χ0n) is 13.0. The number of piperidine rings is 1.